The van der Waals surface area contributed by atoms with Crippen molar-refractivity contribution >= 4 is 45.5 Å². The number of nitrogens with one attached hydrogen (secondary N) is 1. The average Bonchev–Trinajstić information content (AvgIpc) is 2.97. The van der Waals surface area contributed by atoms with E-state index in [1.807, 2.05) is 20.1 Å². The smallest absolute Gasteiger partial charge is 0.231 e. The number of amides is 1. The lowest BCUT2D eigenvalue weighted by Crippen LogP contribution is -2.14. The van der Waals surface area contributed by atoms with Gasteiger partial charge >= 0.3 is 0 Å². The largest absolute Gasteiger partial charge is 0.300 e. The van der Waals surface area contributed by atoms with Crippen molar-refractivity contribution in [1.29, 1.82) is 0 Å². The van der Waals surface area contributed by atoms with Gasteiger partial charge in [0.2, 0.25) is 11.0 Å². The molecule has 0 unspecified atom stereocenters. The molecule has 2 aromatic heterocycles. The third kappa shape index (κ3) is 3.74. The first-order valence-electron chi connectivity index (χ1n) is 5.75. The lowest BCUT2D eigenvalue weighted by Gasteiger charge is -1.99. The molecule has 0 aliphatic heterocycles. The van der Waals surface area contributed by atoms with Crippen LogP contribution in [0.4, 0.5) is 5.13 Å². The van der Waals surface area contributed by atoms with Crippen LogP contribution in [-0.4, -0.2) is 27.3 Å². The number of hydrogen-bond donors (Lipinski definition) is 1. The van der Waals surface area contributed by atoms with E-state index in [9.17, 15) is 4.79 Å². The Bertz CT molecular complexity index is 578. The van der Waals surface area contributed by atoms with Crippen molar-refractivity contribution in [2.24, 2.45) is 0 Å². The summed E-state index contributed by atoms with van der Waals surface area (Å²) in [6, 6.07) is 0. The highest BCUT2D eigenvalue weighted by molar-refractivity contribution is 8.00. The molecule has 0 saturated heterocycles. The maximum atomic E-state index is 11.9. The van der Waals surface area contributed by atoms with Crippen LogP contribution in [0.2, 0.25) is 0 Å². The minimum absolute atomic E-state index is 0.0711. The Morgan fingerprint density at radius 3 is 2.74 bits per heavy atom. The Balaban J connectivity index is 1.98. The number of anilines is 1. The van der Waals surface area contributed by atoms with Crippen LogP contribution in [0.5, 0.6) is 0 Å². The number of thioether (sulfide) groups is 1. The summed E-state index contributed by atoms with van der Waals surface area (Å²) >= 11 is 4.58. The number of nitrogens with zero attached hydrogens (tertiary/aromatic N) is 3. The van der Waals surface area contributed by atoms with Crippen LogP contribution in [0.15, 0.2) is 4.34 Å². The van der Waals surface area contributed by atoms with Gasteiger partial charge in [-0.15, -0.1) is 21.5 Å². The highest BCUT2D eigenvalue weighted by atomic mass is 32.2. The second-order valence-electron chi connectivity index (χ2n) is 3.77. The molecule has 0 aromatic carbocycles. The van der Waals surface area contributed by atoms with Gasteiger partial charge < -0.3 is 5.32 Å². The quantitative estimate of drug-likeness (QED) is 0.860. The van der Waals surface area contributed by atoms with Crippen molar-refractivity contribution in [3.05, 3.63) is 15.6 Å². The first-order chi connectivity index (χ1) is 9.12. The summed E-state index contributed by atoms with van der Waals surface area (Å²) in [5.74, 6) is -0.0711. The second-order valence-corrected chi connectivity index (χ2v) is 6.97. The maximum absolute atomic E-state index is 11.9. The second kappa shape index (κ2) is 6.44. The monoisotopic (exact) mass is 314 g/mol. The fraction of sp³-hybridized carbons (Fsp3) is 0.455. The van der Waals surface area contributed by atoms with E-state index in [1.54, 1.807) is 23.1 Å². The Kier molecular flexibility index (Phi) is 4.89. The number of carbonyl (C=O) groups excluding carboxylic acids is 1. The zero-order valence-electron chi connectivity index (χ0n) is 10.9. The van der Waals surface area contributed by atoms with Gasteiger partial charge in [0.25, 0.3) is 0 Å². The molecule has 19 heavy (non-hydrogen) atoms. The zero-order chi connectivity index (χ0) is 13.8. The van der Waals surface area contributed by atoms with Crippen LogP contribution in [0, 0.1) is 6.92 Å². The van der Waals surface area contributed by atoms with Gasteiger partial charge in [-0.2, -0.15) is 0 Å². The summed E-state index contributed by atoms with van der Waals surface area (Å²) in [6.45, 7) is 3.94. The number of hydrogen-bond acceptors (Lipinski definition) is 7. The summed E-state index contributed by atoms with van der Waals surface area (Å²) in [7, 11) is 0. The predicted octanol–water partition coefficient (Wildman–Crippen LogP) is 2.77. The van der Waals surface area contributed by atoms with E-state index < -0.39 is 0 Å². The van der Waals surface area contributed by atoms with Crippen LogP contribution in [0.25, 0.3) is 0 Å². The topological polar surface area (TPSA) is 67.8 Å². The third-order valence-electron chi connectivity index (χ3n) is 2.38. The first kappa shape index (κ1) is 14.4. The lowest BCUT2D eigenvalue weighted by molar-refractivity contribution is -0.115. The molecule has 2 aromatic rings. The number of rotatable bonds is 5. The van der Waals surface area contributed by atoms with Crippen molar-refractivity contribution in [1.82, 2.24) is 15.2 Å². The molecule has 2 heterocycles. The molecule has 8 heteroatoms. The van der Waals surface area contributed by atoms with Crippen molar-refractivity contribution < 1.29 is 4.79 Å². The van der Waals surface area contributed by atoms with Gasteiger partial charge in [-0.25, -0.2) is 4.98 Å². The number of aromatic nitrogens is 3. The van der Waals surface area contributed by atoms with Crippen LogP contribution >= 0.6 is 34.4 Å². The van der Waals surface area contributed by atoms with E-state index in [2.05, 4.69) is 20.5 Å². The molecule has 0 spiro atoms. The van der Waals surface area contributed by atoms with E-state index in [-0.39, 0.29) is 5.91 Å². The van der Waals surface area contributed by atoms with Gasteiger partial charge in [-0.3, -0.25) is 4.79 Å². The molecular weight excluding hydrogens is 300 g/mol. The molecule has 5 nitrogen and oxygen atoms in total. The highest BCUT2D eigenvalue weighted by Crippen LogP contribution is 2.26. The molecule has 1 N–H and O–H groups in total. The van der Waals surface area contributed by atoms with Gasteiger partial charge in [0.05, 0.1) is 12.1 Å². The average molecular weight is 314 g/mol. The van der Waals surface area contributed by atoms with E-state index in [4.69, 9.17) is 0 Å². The van der Waals surface area contributed by atoms with Crippen LogP contribution < -0.4 is 5.32 Å². The number of aryl methyl sites for hydroxylation is 2. The standard InChI is InChI=1S/C11H14N4OS3/c1-4-9-14-15-10(19-9)13-8(16)5-7-6(2)12-11(17-3)18-7/h4-5H2,1-3H3,(H,13,15,16). The van der Waals surface area contributed by atoms with Gasteiger partial charge in [0.15, 0.2) is 0 Å². The fourth-order valence-corrected chi connectivity index (χ4v) is 3.76. The third-order valence-corrected chi connectivity index (χ3v) is 5.51. The SMILES string of the molecule is CCc1nnc(NC(=O)Cc2sc(SC)nc2C)s1. The van der Waals surface area contributed by atoms with E-state index >= 15 is 0 Å². The molecule has 0 aliphatic carbocycles. The van der Waals surface area contributed by atoms with Crippen LogP contribution in [0.1, 0.15) is 22.5 Å². The number of thiazole rings is 1. The molecular formula is C11H14N4OS3. The predicted molar refractivity (Wildman–Crippen MR) is 80.3 cm³/mol. The van der Waals surface area contributed by atoms with Gasteiger partial charge in [-0.05, 0) is 19.6 Å². The molecule has 0 atom stereocenters. The summed E-state index contributed by atoms with van der Waals surface area (Å²) < 4.78 is 0.990. The maximum Gasteiger partial charge on any atom is 0.231 e. The summed E-state index contributed by atoms with van der Waals surface area (Å²) in [6.07, 6.45) is 3.15. The Morgan fingerprint density at radius 1 is 1.37 bits per heavy atom. The molecule has 1 amide bonds. The van der Waals surface area contributed by atoms with Crippen molar-refractivity contribution in [3.8, 4) is 0 Å². The molecule has 0 radical (unpaired) electrons. The molecule has 0 fully saturated rings. The van der Waals surface area contributed by atoms with E-state index in [1.165, 1.54) is 11.3 Å². The summed E-state index contributed by atoms with van der Waals surface area (Å²) in [5, 5.41) is 12.2. The lowest BCUT2D eigenvalue weighted by atomic mass is 10.3. The number of carbonyl (C=O) groups is 1. The minimum Gasteiger partial charge on any atom is -0.300 e. The van der Waals surface area contributed by atoms with Crippen LogP contribution in [0.3, 0.4) is 0 Å². The van der Waals surface area contributed by atoms with Gasteiger partial charge in [-0.1, -0.05) is 30.0 Å². The van der Waals surface area contributed by atoms with Crippen molar-refractivity contribution in [2.45, 2.75) is 31.0 Å². The van der Waals surface area contributed by atoms with Gasteiger partial charge in [0.1, 0.15) is 9.35 Å². The molecule has 102 valence electrons. The molecule has 0 saturated carbocycles. The highest BCUT2D eigenvalue weighted by Gasteiger charge is 2.13. The zero-order valence-corrected chi connectivity index (χ0v) is 13.3. The molecule has 0 aliphatic rings. The Labute approximate surface area is 123 Å². The Hall–Kier alpha value is -0.990. The molecule has 2 rings (SSSR count). The van der Waals surface area contributed by atoms with Gasteiger partial charge in [0, 0.05) is 4.88 Å². The minimum atomic E-state index is -0.0711. The van der Waals surface area contributed by atoms with Crippen LogP contribution in [-0.2, 0) is 17.6 Å². The fourth-order valence-electron chi connectivity index (χ4n) is 1.41. The van der Waals surface area contributed by atoms with E-state index in [0.29, 0.717) is 11.6 Å². The first-order valence-corrected chi connectivity index (χ1v) is 8.60. The summed E-state index contributed by atoms with van der Waals surface area (Å²) in [5.41, 5.74) is 0.927. The summed E-state index contributed by atoms with van der Waals surface area (Å²) in [4.78, 5) is 17.3. The molecule has 0 bridgehead atoms. The normalized spacial score (nSPS) is 10.7. The van der Waals surface area contributed by atoms with E-state index in [0.717, 1.165) is 26.3 Å². The van der Waals surface area contributed by atoms with Crippen molar-refractivity contribution in [3.63, 3.8) is 0 Å². The van der Waals surface area contributed by atoms with Crippen molar-refractivity contribution in [2.75, 3.05) is 11.6 Å². The Morgan fingerprint density at radius 2 is 2.16 bits per heavy atom.